The molecule has 0 aliphatic rings. The van der Waals surface area contributed by atoms with Crippen molar-refractivity contribution in [3.63, 3.8) is 0 Å². The minimum Gasteiger partial charge on any atom is -0.477 e. The summed E-state index contributed by atoms with van der Waals surface area (Å²) in [5.74, 6) is 0.967. The molecule has 0 aliphatic heterocycles. The molecular weight excluding hydrogens is 326 g/mol. The van der Waals surface area contributed by atoms with Crippen LogP contribution in [0.2, 0.25) is 0 Å². The van der Waals surface area contributed by atoms with Gasteiger partial charge in [0.15, 0.2) is 0 Å². The number of nitriles is 1. The lowest BCUT2D eigenvalue weighted by Crippen LogP contribution is -1.96. The largest absolute Gasteiger partial charge is 0.477 e. The summed E-state index contributed by atoms with van der Waals surface area (Å²) in [5, 5.41) is 17.5. The lowest BCUT2D eigenvalue weighted by Gasteiger charge is -2.09. The average molecular weight is 348 g/mol. The molecule has 23 heavy (non-hydrogen) atoms. The van der Waals surface area contributed by atoms with Crippen molar-refractivity contribution in [2.24, 2.45) is 0 Å². The first-order chi connectivity index (χ1) is 11.1. The van der Waals surface area contributed by atoms with E-state index in [-0.39, 0.29) is 5.57 Å². The van der Waals surface area contributed by atoms with Crippen molar-refractivity contribution >= 4 is 35.6 Å². The molecule has 0 atom stereocenters. The zero-order valence-corrected chi connectivity index (χ0v) is 15.0. The molecule has 3 nitrogen and oxygen atoms in total. The van der Waals surface area contributed by atoms with Gasteiger partial charge in [-0.2, -0.15) is 5.26 Å². The minimum absolute atomic E-state index is 0.267. The molecule has 122 valence electrons. The minimum atomic E-state index is -1.21. The number of carboxylic acids is 1. The molecule has 0 radical (unpaired) electrons. The number of allylic oxidation sites excluding steroid dienone is 2. The standard InChI is InChI=1S/C18H21NO2S2/c1-3-10-22-16-9-8-14(12-17(16)23-11-4-2)6-5-7-15(13-19)18(20)21/h5-9,12H,3-4,10-11H2,1-2H3,(H,20,21)/b6-5+,15-7+. The molecule has 0 aliphatic carbocycles. The highest BCUT2D eigenvalue weighted by atomic mass is 32.2. The molecule has 0 saturated heterocycles. The van der Waals surface area contributed by atoms with Crippen LogP contribution >= 0.6 is 23.5 Å². The van der Waals surface area contributed by atoms with Gasteiger partial charge in [0.25, 0.3) is 0 Å². The second-order valence-electron chi connectivity index (χ2n) is 4.76. The highest BCUT2D eigenvalue weighted by Crippen LogP contribution is 2.32. The van der Waals surface area contributed by atoms with Gasteiger partial charge in [-0.25, -0.2) is 4.79 Å². The van der Waals surface area contributed by atoms with Gasteiger partial charge in [-0.15, -0.1) is 23.5 Å². The van der Waals surface area contributed by atoms with Crippen molar-refractivity contribution in [3.05, 3.63) is 41.5 Å². The van der Waals surface area contributed by atoms with Crippen LogP contribution in [0.5, 0.6) is 0 Å². The third-order valence-electron chi connectivity index (χ3n) is 2.79. The first kappa shape index (κ1) is 19.4. The fourth-order valence-electron chi connectivity index (χ4n) is 1.70. The number of hydrogen-bond acceptors (Lipinski definition) is 4. The van der Waals surface area contributed by atoms with Gasteiger partial charge in [0.1, 0.15) is 11.6 Å². The van der Waals surface area contributed by atoms with Gasteiger partial charge in [0.05, 0.1) is 0 Å². The third-order valence-corrected chi connectivity index (χ3v) is 5.46. The van der Waals surface area contributed by atoms with Crippen molar-refractivity contribution < 1.29 is 9.90 Å². The first-order valence-electron chi connectivity index (χ1n) is 7.53. The predicted octanol–water partition coefficient (Wildman–Crippen LogP) is 5.24. The van der Waals surface area contributed by atoms with Crippen LogP contribution in [-0.4, -0.2) is 22.6 Å². The first-order valence-corrected chi connectivity index (χ1v) is 9.50. The van der Waals surface area contributed by atoms with Crippen LogP contribution in [-0.2, 0) is 4.79 Å². The van der Waals surface area contributed by atoms with Crippen molar-refractivity contribution in [2.75, 3.05) is 11.5 Å². The Labute approximate surface area is 146 Å². The molecule has 1 rings (SSSR count). The average Bonchev–Trinajstić information content (AvgIpc) is 2.55. The highest BCUT2D eigenvalue weighted by Gasteiger charge is 2.05. The topological polar surface area (TPSA) is 61.1 Å². The summed E-state index contributed by atoms with van der Waals surface area (Å²) in [7, 11) is 0. The molecule has 0 aromatic heterocycles. The number of hydrogen-bond donors (Lipinski definition) is 1. The highest BCUT2D eigenvalue weighted by molar-refractivity contribution is 8.02. The van der Waals surface area contributed by atoms with E-state index in [1.807, 2.05) is 35.7 Å². The lowest BCUT2D eigenvalue weighted by molar-refractivity contribution is -0.132. The van der Waals surface area contributed by atoms with Gasteiger partial charge in [-0.3, -0.25) is 0 Å². The van der Waals surface area contributed by atoms with E-state index in [2.05, 4.69) is 26.0 Å². The second kappa shape index (κ2) is 11.0. The van der Waals surface area contributed by atoms with Crippen LogP contribution in [0.3, 0.4) is 0 Å². The summed E-state index contributed by atoms with van der Waals surface area (Å²) in [6, 6.07) is 7.92. The SMILES string of the molecule is CCCSc1ccc(/C=C/C=C(\C#N)C(=O)O)cc1SCCC. The molecule has 0 heterocycles. The summed E-state index contributed by atoms with van der Waals surface area (Å²) in [6.45, 7) is 4.33. The normalized spacial score (nSPS) is 11.6. The molecule has 0 spiro atoms. The van der Waals surface area contributed by atoms with E-state index >= 15 is 0 Å². The van der Waals surface area contributed by atoms with E-state index in [0.29, 0.717) is 0 Å². The molecular formula is C18H21NO2S2. The Balaban J connectivity index is 2.95. The molecule has 1 aromatic carbocycles. The number of aliphatic carboxylic acids is 1. The quantitative estimate of drug-likeness (QED) is 0.286. The van der Waals surface area contributed by atoms with Crippen molar-refractivity contribution in [1.29, 1.82) is 5.26 Å². The summed E-state index contributed by atoms with van der Waals surface area (Å²) >= 11 is 3.71. The van der Waals surface area contributed by atoms with E-state index in [1.165, 1.54) is 15.9 Å². The maximum atomic E-state index is 10.8. The maximum Gasteiger partial charge on any atom is 0.346 e. The number of benzene rings is 1. The summed E-state index contributed by atoms with van der Waals surface area (Å²) < 4.78 is 0. The predicted molar refractivity (Wildman–Crippen MR) is 98.8 cm³/mol. The van der Waals surface area contributed by atoms with E-state index < -0.39 is 5.97 Å². The van der Waals surface area contributed by atoms with E-state index in [9.17, 15) is 4.79 Å². The molecule has 0 bridgehead atoms. The van der Waals surface area contributed by atoms with Gasteiger partial charge < -0.3 is 5.11 Å². The Morgan fingerprint density at radius 3 is 2.43 bits per heavy atom. The zero-order chi connectivity index (χ0) is 17.1. The van der Waals surface area contributed by atoms with Crippen LogP contribution in [0.25, 0.3) is 6.08 Å². The number of nitrogens with zero attached hydrogens (tertiary/aromatic N) is 1. The summed E-state index contributed by atoms with van der Waals surface area (Å²) in [6.07, 6.45) is 7.01. The van der Waals surface area contributed by atoms with Crippen LogP contribution in [0.15, 0.2) is 45.7 Å². The van der Waals surface area contributed by atoms with Gasteiger partial charge in [-0.05, 0) is 48.1 Å². The fraction of sp³-hybridized carbons (Fsp3) is 0.333. The Morgan fingerprint density at radius 1 is 1.22 bits per heavy atom. The number of rotatable bonds is 9. The molecule has 5 heteroatoms. The van der Waals surface area contributed by atoms with Gasteiger partial charge in [0.2, 0.25) is 0 Å². The zero-order valence-electron chi connectivity index (χ0n) is 13.4. The molecule has 0 saturated carbocycles. The molecule has 0 fully saturated rings. The lowest BCUT2D eigenvalue weighted by atomic mass is 10.2. The third kappa shape index (κ3) is 6.98. The van der Waals surface area contributed by atoms with Gasteiger partial charge in [0, 0.05) is 9.79 Å². The number of carboxylic acid groups (broad SMARTS) is 1. The van der Waals surface area contributed by atoms with Crippen LogP contribution in [0.4, 0.5) is 0 Å². The Hall–Kier alpha value is -1.64. The Morgan fingerprint density at radius 2 is 1.87 bits per heavy atom. The molecule has 1 aromatic rings. The molecule has 0 amide bonds. The fourth-order valence-corrected chi connectivity index (χ4v) is 3.69. The number of carbonyl (C=O) groups is 1. The smallest absolute Gasteiger partial charge is 0.346 e. The van der Waals surface area contributed by atoms with Gasteiger partial charge in [-0.1, -0.05) is 32.1 Å². The van der Waals surface area contributed by atoms with E-state index in [0.717, 1.165) is 29.9 Å². The number of thioether (sulfide) groups is 2. The second-order valence-corrected chi connectivity index (χ2v) is 7.03. The molecule has 0 unspecified atom stereocenters. The molecule has 1 N–H and O–H groups in total. The van der Waals surface area contributed by atoms with E-state index in [4.69, 9.17) is 10.4 Å². The maximum absolute atomic E-state index is 10.8. The van der Waals surface area contributed by atoms with E-state index in [1.54, 1.807) is 12.1 Å². The Kier molecular flexibility index (Phi) is 9.27. The van der Waals surface area contributed by atoms with Crippen LogP contribution in [0.1, 0.15) is 32.3 Å². The van der Waals surface area contributed by atoms with Gasteiger partial charge >= 0.3 is 5.97 Å². The van der Waals surface area contributed by atoms with Crippen molar-refractivity contribution in [2.45, 2.75) is 36.5 Å². The summed E-state index contributed by atoms with van der Waals surface area (Å²) in [4.78, 5) is 13.3. The van der Waals surface area contributed by atoms with Crippen molar-refractivity contribution in [1.82, 2.24) is 0 Å². The van der Waals surface area contributed by atoms with Crippen LogP contribution < -0.4 is 0 Å². The summed E-state index contributed by atoms with van der Waals surface area (Å²) in [5.41, 5.74) is 0.736. The Bertz CT molecular complexity index is 630. The van der Waals surface area contributed by atoms with Crippen molar-refractivity contribution in [3.8, 4) is 6.07 Å². The van der Waals surface area contributed by atoms with Crippen LogP contribution in [0, 0.1) is 11.3 Å². The monoisotopic (exact) mass is 347 g/mol.